The van der Waals surface area contributed by atoms with Gasteiger partial charge in [0.1, 0.15) is 18.2 Å². The highest BCUT2D eigenvalue weighted by molar-refractivity contribution is 6.30. The fourth-order valence-electron chi connectivity index (χ4n) is 4.64. The lowest BCUT2D eigenvalue weighted by molar-refractivity contribution is -0.145. The number of fused-ring (bicyclic) bond motifs is 2. The topological polar surface area (TPSA) is 67.1 Å². The van der Waals surface area contributed by atoms with Crippen LogP contribution < -0.4 is 0 Å². The Balaban J connectivity index is 1.63. The maximum Gasteiger partial charge on any atom is 0.433 e. The molecular weight excluding hydrogens is 437 g/mol. The number of hydrogen-bond donors (Lipinski definition) is 0. The summed E-state index contributed by atoms with van der Waals surface area (Å²) >= 11 is 6.03. The average Bonchev–Trinajstić information content (AvgIpc) is 3.46. The Labute approximate surface area is 179 Å². The van der Waals surface area contributed by atoms with Crippen molar-refractivity contribution in [1.82, 2.24) is 14.4 Å². The van der Waals surface area contributed by atoms with Crippen LogP contribution in [0.15, 0.2) is 47.8 Å². The molecule has 2 amide bonds. The number of alkyl halides is 3. The number of oxime groups is 1. The third-order valence-electron chi connectivity index (χ3n) is 6.02. The standard InChI is InChI=1S/C20H16ClF3N4O3/c21-13-5-3-12(4-6-13)19-11-26-7-1-2-15(26)18(30)28(19)9-8-27(19)17(29)14-10-31-25-16(14)20(22,23)24/h1-7,14H,8-11H2. The minimum atomic E-state index is -4.79. The van der Waals surface area contributed by atoms with Gasteiger partial charge in [-0.1, -0.05) is 28.9 Å². The molecule has 1 aromatic carbocycles. The Morgan fingerprint density at radius 2 is 1.94 bits per heavy atom. The number of amides is 2. The second-order valence-corrected chi connectivity index (χ2v) is 8.05. The molecular formula is C20H16ClF3N4O3. The van der Waals surface area contributed by atoms with Gasteiger partial charge in [-0.3, -0.25) is 9.59 Å². The highest BCUT2D eigenvalue weighted by Crippen LogP contribution is 2.44. The molecule has 2 atom stereocenters. The molecule has 0 N–H and O–H groups in total. The molecule has 1 fully saturated rings. The second kappa shape index (κ2) is 6.74. The summed E-state index contributed by atoms with van der Waals surface area (Å²) in [7, 11) is 0. The summed E-state index contributed by atoms with van der Waals surface area (Å²) in [5.74, 6) is -2.67. The van der Waals surface area contributed by atoms with Crippen molar-refractivity contribution in [2.24, 2.45) is 11.1 Å². The van der Waals surface area contributed by atoms with Gasteiger partial charge in [-0.25, -0.2) is 0 Å². The predicted molar refractivity (Wildman–Crippen MR) is 103 cm³/mol. The summed E-state index contributed by atoms with van der Waals surface area (Å²) in [4.78, 5) is 34.2. The number of halogens is 4. The SMILES string of the molecule is O=C1c2cccn2CC2(c3ccc(Cl)cc3)N1CCN2C(=O)C1CON=C1C(F)(F)F. The number of aromatic nitrogens is 1. The number of hydrogen-bond acceptors (Lipinski definition) is 4. The van der Waals surface area contributed by atoms with Gasteiger partial charge in [-0.2, -0.15) is 13.2 Å². The van der Waals surface area contributed by atoms with E-state index in [4.69, 9.17) is 11.6 Å². The van der Waals surface area contributed by atoms with Crippen LogP contribution in [0.5, 0.6) is 0 Å². The molecule has 3 aliphatic heterocycles. The first-order valence-electron chi connectivity index (χ1n) is 9.55. The zero-order valence-corrected chi connectivity index (χ0v) is 16.7. The van der Waals surface area contributed by atoms with E-state index in [-0.39, 0.29) is 25.5 Å². The van der Waals surface area contributed by atoms with Gasteiger partial charge < -0.3 is 19.2 Å². The van der Waals surface area contributed by atoms with E-state index in [1.807, 2.05) is 0 Å². The molecule has 2 aromatic rings. The first kappa shape index (κ1) is 19.9. The zero-order valence-electron chi connectivity index (χ0n) is 16.0. The van der Waals surface area contributed by atoms with Gasteiger partial charge in [-0.15, -0.1) is 0 Å². The molecule has 7 nitrogen and oxygen atoms in total. The van der Waals surface area contributed by atoms with E-state index in [1.54, 1.807) is 52.1 Å². The van der Waals surface area contributed by atoms with E-state index in [2.05, 4.69) is 9.99 Å². The van der Waals surface area contributed by atoms with Crippen molar-refractivity contribution >= 4 is 29.1 Å². The zero-order chi connectivity index (χ0) is 22.0. The summed E-state index contributed by atoms with van der Waals surface area (Å²) in [6.45, 7) is -0.0474. The molecule has 5 rings (SSSR count). The molecule has 0 spiro atoms. The van der Waals surface area contributed by atoms with Crippen LogP contribution in [0, 0.1) is 5.92 Å². The highest BCUT2D eigenvalue weighted by Gasteiger charge is 2.59. The smallest absolute Gasteiger partial charge is 0.394 e. The van der Waals surface area contributed by atoms with Crippen LogP contribution in [0.1, 0.15) is 16.1 Å². The summed E-state index contributed by atoms with van der Waals surface area (Å²) in [6, 6.07) is 10.0. The van der Waals surface area contributed by atoms with Crippen molar-refractivity contribution in [1.29, 1.82) is 0 Å². The van der Waals surface area contributed by atoms with E-state index in [0.717, 1.165) is 0 Å². The van der Waals surface area contributed by atoms with E-state index in [1.165, 1.54) is 4.90 Å². The van der Waals surface area contributed by atoms with Crippen LogP contribution in [-0.4, -0.2) is 57.8 Å². The van der Waals surface area contributed by atoms with E-state index in [0.29, 0.717) is 16.3 Å². The molecule has 11 heteroatoms. The monoisotopic (exact) mass is 452 g/mol. The summed E-state index contributed by atoms with van der Waals surface area (Å²) in [6.07, 6.45) is -3.08. The van der Waals surface area contributed by atoms with Crippen LogP contribution in [0.3, 0.4) is 0 Å². The van der Waals surface area contributed by atoms with Gasteiger partial charge in [0.2, 0.25) is 5.91 Å². The van der Waals surface area contributed by atoms with E-state index < -0.39 is 36.0 Å². The van der Waals surface area contributed by atoms with Crippen molar-refractivity contribution in [3.8, 4) is 0 Å². The third-order valence-corrected chi connectivity index (χ3v) is 6.27. The fourth-order valence-corrected chi connectivity index (χ4v) is 4.77. The fraction of sp³-hybridized carbons (Fsp3) is 0.350. The van der Waals surface area contributed by atoms with Crippen LogP contribution in [0.2, 0.25) is 5.02 Å². The first-order valence-corrected chi connectivity index (χ1v) is 9.93. The maximum atomic E-state index is 13.5. The van der Waals surface area contributed by atoms with Gasteiger partial charge >= 0.3 is 6.18 Å². The van der Waals surface area contributed by atoms with Crippen molar-refractivity contribution in [3.63, 3.8) is 0 Å². The molecule has 0 saturated carbocycles. The Kier molecular flexibility index (Phi) is 4.34. The van der Waals surface area contributed by atoms with E-state index >= 15 is 0 Å². The van der Waals surface area contributed by atoms with Gasteiger partial charge in [0, 0.05) is 29.9 Å². The minimum Gasteiger partial charge on any atom is -0.394 e. The Morgan fingerprint density at radius 3 is 2.65 bits per heavy atom. The van der Waals surface area contributed by atoms with Gasteiger partial charge in [-0.05, 0) is 24.3 Å². The van der Waals surface area contributed by atoms with E-state index in [9.17, 15) is 22.8 Å². The number of nitrogens with zero attached hydrogens (tertiary/aromatic N) is 4. The highest BCUT2D eigenvalue weighted by atomic mass is 35.5. The average molecular weight is 453 g/mol. The molecule has 2 unspecified atom stereocenters. The molecule has 162 valence electrons. The Hall–Kier alpha value is -3.01. The van der Waals surface area contributed by atoms with Crippen molar-refractivity contribution in [2.45, 2.75) is 18.4 Å². The second-order valence-electron chi connectivity index (χ2n) is 7.61. The Morgan fingerprint density at radius 1 is 1.19 bits per heavy atom. The van der Waals surface area contributed by atoms with Crippen LogP contribution in [-0.2, 0) is 21.8 Å². The van der Waals surface area contributed by atoms with Crippen molar-refractivity contribution in [3.05, 3.63) is 58.9 Å². The molecule has 4 heterocycles. The van der Waals surface area contributed by atoms with Crippen LogP contribution in [0.25, 0.3) is 0 Å². The number of rotatable bonds is 2. The quantitative estimate of drug-likeness (QED) is 0.703. The number of benzene rings is 1. The van der Waals surface area contributed by atoms with Crippen molar-refractivity contribution < 1.29 is 27.6 Å². The molecule has 0 radical (unpaired) electrons. The predicted octanol–water partition coefficient (Wildman–Crippen LogP) is 2.86. The molecule has 0 bridgehead atoms. The van der Waals surface area contributed by atoms with Crippen LogP contribution >= 0.6 is 11.6 Å². The number of carbonyl (C=O) groups excluding carboxylic acids is 2. The lowest BCUT2D eigenvalue weighted by Gasteiger charge is -2.47. The molecule has 1 saturated heterocycles. The van der Waals surface area contributed by atoms with Gasteiger partial charge in [0.05, 0.1) is 6.54 Å². The first-order chi connectivity index (χ1) is 14.7. The minimum absolute atomic E-state index is 0.0830. The molecule has 0 aliphatic carbocycles. The number of carbonyl (C=O) groups is 2. The van der Waals surface area contributed by atoms with Crippen molar-refractivity contribution in [2.75, 3.05) is 19.7 Å². The summed E-state index contributed by atoms with van der Waals surface area (Å²) in [5.41, 5.74) is -1.50. The Bertz CT molecular complexity index is 1100. The van der Waals surface area contributed by atoms with Crippen LogP contribution in [0.4, 0.5) is 13.2 Å². The summed E-state index contributed by atoms with van der Waals surface area (Å²) < 4.78 is 41.9. The molecule has 31 heavy (non-hydrogen) atoms. The maximum absolute atomic E-state index is 13.5. The molecule has 3 aliphatic rings. The van der Waals surface area contributed by atoms with Gasteiger partial charge in [0.15, 0.2) is 11.4 Å². The lowest BCUT2D eigenvalue weighted by Crippen LogP contribution is -2.61. The van der Waals surface area contributed by atoms with Gasteiger partial charge in [0.25, 0.3) is 5.91 Å². The summed E-state index contributed by atoms with van der Waals surface area (Å²) in [5, 5.41) is 3.54. The molecule has 1 aromatic heterocycles. The third kappa shape index (κ3) is 2.84. The normalized spacial score (nSPS) is 25.2. The lowest BCUT2D eigenvalue weighted by atomic mass is 9.92. The largest absolute Gasteiger partial charge is 0.433 e.